The highest BCUT2D eigenvalue weighted by molar-refractivity contribution is 5.50. The lowest BCUT2D eigenvalue weighted by atomic mass is 10.1. The van der Waals surface area contributed by atoms with E-state index in [9.17, 15) is 0 Å². The van der Waals surface area contributed by atoms with E-state index in [1.807, 2.05) is 0 Å². The summed E-state index contributed by atoms with van der Waals surface area (Å²) in [5.41, 5.74) is 4.22. The monoisotopic (exact) mass is 287 g/mol. The van der Waals surface area contributed by atoms with Gasteiger partial charge in [0.25, 0.3) is 0 Å². The Kier molecular flexibility index (Phi) is 4.51. The van der Waals surface area contributed by atoms with Crippen molar-refractivity contribution in [2.45, 2.75) is 38.8 Å². The van der Waals surface area contributed by atoms with Gasteiger partial charge < -0.3 is 15.1 Å². The van der Waals surface area contributed by atoms with Crippen molar-refractivity contribution < 1.29 is 0 Å². The molecular weight excluding hydrogens is 258 g/mol. The van der Waals surface area contributed by atoms with Crippen LogP contribution in [-0.2, 0) is 6.54 Å². The molecule has 3 rings (SSSR count). The minimum Gasteiger partial charge on any atom is -0.374 e. The van der Waals surface area contributed by atoms with Crippen molar-refractivity contribution in [1.82, 2.24) is 10.2 Å². The van der Waals surface area contributed by atoms with Crippen molar-refractivity contribution in [3.05, 3.63) is 29.3 Å². The molecule has 1 unspecified atom stereocenters. The van der Waals surface area contributed by atoms with E-state index in [1.165, 1.54) is 55.7 Å². The van der Waals surface area contributed by atoms with Gasteiger partial charge in [-0.3, -0.25) is 0 Å². The van der Waals surface area contributed by atoms with Crippen molar-refractivity contribution >= 4 is 5.69 Å². The van der Waals surface area contributed by atoms with E-state index in [4.69, 9.17) is 0 Å². The predicted octanol–water partition coefficient (Wildman–Crippen LogP) is 2.63. The number of nitrogens with one attached hydrogen (secondary N) is 1. The average Bonchev–Trinajstić information content (AvgIpc) is 3.20. The Morgan fingerprint density at radius 2 is 2.10 bits per heavy atom. The summed E-state index contributed by atoms with van der Waals surface area (Å²) in [4.78, 5) is 4.87. The third-order valence-electron chi connectivity index (χ3n) is 4.95. The summed E-state index contributed by atoms with van der Waals surface area (Å²) in [5, 5.41) is 3.61. The van der Waals surface area contributed by atoms with Gasteiger partial charge >= 0.3 is 0 Å². The third kappa shape index (κ3) is 3.98. The summed E-state index contributed by atoms with van der Waals surface area (Å²) < 4.78 is 0. The summed E-state index contributed by atoms with van der Waals surface area (Å²) in [5.74, 6) is 0.816. The standard InChI is InChI=1S/C18H29N3/c1-14-10-18(7-4-16(14)11-19-17-5-6-17)21(3)13-15-8-9-20(2)12-15/h4,7,10,15,17,19H,5-6,8-9,11-13H2,1-3H3. The SMILES string of the molecule is Cc1cc(N(C)CC2CCN(C)C2)ccc1CNC1CC1. The molecule has 1 heterocycles. The van der Waals surface area contributed by atoms with Gasteiger partial charge in [0, 0.05) is 38.4 Å². The maximum Gasteiger partial charge on any atom is 0.0366 e. The van der Waals surface area contributed by atoms with Crippen LogP contribution in [0.5, 0.6) is 0 Å². The van der Waals surface area contributed by atoms with Gasteiger partial charge in [0.2, 0.25) is 0 Å². The first-order valence-electron chi connectivity index (χ1n) is 8.34. The molecule has 1 aliphatic carbocycles. The number of benzene rings is 1. The van der Waals surface area contributed by atoms with Crippen LogP contribution < -0.4 is 10.2 Å². The van der Waals surface area contributed by atoms with Gasteiger partial charge in [-0.2, -0.15) is 0 Å². The molecular formula is C18H29N3. The molecule has 21 heavy (non-hydrogen) atoms. The van der Waals surface area contributed by atoms with Gasteiger partial charge in [-0.1, -0.05) is 6.07 Å². The van der Waals surface area contributed by atoms with Crippen LogP contribution in [0.15, 0.2) is 18.2 Å². The summed E-state index contributed by atoms with van der Waals surface area (Å²) >= 11 is 0. The molecule has 3 heteroatoms. The summed E-state index contributed by atoms with van der Waals surface area (Å²) in [6, 6.07) is 7.72. The van der Waals surface area contributed by atoms with E-state index >= 15 is 0 Å². The van der Waals surface area contributed by atoms with Gasteiger partial charge in [-0.05, 0) is 69.0 Å². The third-order valence-corrected chi connectivity index (χ3v) is 4.95. The number of hydrogen-bond acceptors (Lipinski definition) is 3. The fraction of sp³-hybridized carbons (Fsp3) is 0.667. The normalized spacial score (nSPS) is 22.7. The molecule has 0 radical (unpaired) electrons. The average molecular weight is 287 g/mol. The summed E-state index contributed by atoms with van der Waals surface area (Å²) in [7, 11) is 4.46. The van der Waals surface area contributed by atoms with Gasteiger partial charge in [0.15, 0.2) is 0 Å². The van der Waals surface area contributed by atoms with Gasteiger partial charge in [0.05, 0.1) is 0 Å². The van der Waals surface area contributed by atoms with Crippen LogP contribution in [0.2, 0.25) is 0 Å². The van der Waals surface area contributed by atoms with Crippen LogP contribution in [-0.4, -0.2) is 44.7 Å². The Balaban J connectivity index is 1.57. The lowest BCUT2D eigenvalue weighted by Crippen LogP contribution is -2.27. The molecule has 0 aromatic heterocycles. The molecule has 3 nitrogen and oxygen atoms in total. The molecule has 0 bridgehead atoms. The van der Waals surface area contributed by atoms with Crippen LogP contribution in [0, 0.1) is 12.8 Å². The van der Waals surface area contributed by atoms with E-state index in [0.717, 1.165) is 18.5 Å². The van der Waals surface area contributed by atoms with Crippen molar-refractivity contribution in [2.24, 2.45) is 5.92 Å². The lowest BCUT2D eigenvalue weighted by molar-refractivity contribution is 0.396. The maximum absolute atomic E-state index is 3.61. The van der Waals surface area contributed by atoms with E-state index in [0.29, 0.717) is 0 Å². The number of aryl methyl sites for hydroxylation is 1. The van der Waals surface area contributed by atoms with Crippen LogP contribution >= 0.6 is 0 Å². The summed E-state index contributed by atoms with van der Waals surface area (Å²) in [6.45, 7) is 6.93. The molecule has 1 N–H and O–H groups in total. The first kappa shape index (κ1) is 14.9. The lowest BCUT2D eigenvalue weighted by Gasteiger charge is -2.24. The molecule has 1 saturated carbocycles. The van der Waals surface area contributed by atoms with E-state index in [1.54, 1.807) is 0 Å². The van der Waals surface area contributed by atoms with E-state index in [2.05, 4.69) is 54.3 Å². The number of likely N-dealkylation sites (tertiary alicyclic amines) is 1. The smallest absolute Gasteiger partial charge is 0.0366 e. The molecule has 1 aliphatic heterocycles. The molecule has 1 aromatic rings. The molecule has 116 valence electrons. The second-order valence-corrected chi connectivity index (χ2v) is 7.06. The maximum atomic E-state index is 3.61. The highest BCUT2D eigenvalue weighted by Crippen LogP contribution is 2.23. The Labute approximate surface area is 129 Å². The van der Waals surface area contributed by atoms with Crippen LogP contribution in [0.3, 0.4) is 0 Å². The van der Waals surface area contributed by atoms with Crippen molar-refractivity contribution in [3.63, 3.8) is 0 Å². The molecule has 2 fully saturated rings. The van der Waals surface area contributed by atoms with E-state index < -0.39 is 0 Å². The number of hydrogen-bond donors (Lipinski definition) is 1. The highest BCUT2D eigenvalue weighted by Gasteiger charge is 2.22. The first-order chi connectivity index (χ1) is 10.1. The van der Waals surface area contributed by atoms with Crippen molar-refractivity contribution in [3.8, 4) is 0 Å². The molecule has 0 amide bonds. The minimum absolute atomic E-state index is 0.783. The largest absolute Gasteiger partial charge is 0.374 e. The van der Waals surface area contributed by atoms with Gasteiger partial charge in [-0.25, -0.2) is 0 Å². The molecule has 1 atom stereocenters. The van der Waals surface area contributed by atoms with E-state index in [-0.39, 0.29) is 0 Å². The highest BCUT2D eigenvalue weighted by atomic mass is 15.1. The van der Waals surface area contributed by atoms with Crippen molar-refractivity contribution in [1.29, 1.82) is 0 Å². The Morgan fingerprint density at radius 3 is 2.71 bits per heavy atom. The molecule has 0 spiro atoms. The summed E-state index contributed by atoms with van der Waals surface area (Å²) in [6.07, 6.45) is 4.05. The number of anilines is 1. The second-order valence-electron chi connectivity index (χ2n) is 7.06. The van der Waals surface area contributed by atoms with Crippen LogP contribution in [0.25, 0.3) is 0 Å². The predicted molar refractivity (Wildman–Crippen MR) is 89.9 cm³/mol. The Hall–Kier alpha value is -1.06. The Bertz CT molecular complexity index is 481. The topological polar surface area (TPSA) is 18.5 Å². The van der Waals surface area contributed by atoms with Gasteiger partial charge in [-0.15, -0.1) is 0 Å². The fourth-order valence-corrected chi connectivity index (χ4v) is 3.33. The Morgan fingerprint density at radius 1 is 1.29 bits per heavy atom. The zero-order valence-corrected chi connectivity index (χ0v) is 13.7. The second kappa shape index (κ2) is 6.37. The zero-order chi connectivity index (χ0) is 14.8. The first-order valence-corrected chi connectivity index (χ1v) is 8.34. The van der Waals surface area contributed by atoms with Gasteiger partial charge in [0.1, 0.15) is 0 Å². The minimum atomic E-state index is 0.783. The molecule has 2 aliphatic rings. The van der Waals surface area contributed by atoms with Crippen molar-refractivity contribution in [2.75, 3.05) is 38.6 Å². The quantitative estimate of drug-likeness (QED) is 0.868. The number of nitrogens with zero attached hydrogens (tertiary/aromatic N) is 2. The molecule has 1 saturated heterocycles. The number of rotatable bonds is 6. The fourth-order valence-electron chi connectivity index (χ4n) is 3.33. The molecule has 1 aromatic carbocycles. The van der Waals surface area contributed by atoms with Crippen LogP contribution in [0.4, 0.5) is 5.69 Å². The van der Waals surface area contributed by atoms with Crippen LogP contribution in [0.1, 0.15) is 30.4 Å². The zero-order valence-electron chi connectivity index (χ0n) is 13.7.